The van der Waals surface area contributed by atoms with Crippen molar-refractivity contribution in [2.24, 2.45) is 0 Å². The summed E-state index contributed by atoms with van der Waals surface area (Å²) in [6.07, 6.45) is 0. The molecule has 0 aromatic heterocycles. The summed E-state index contributed by atoms with van der Waals surface area (Å²) in [6.45, 7) is 1.85. The molecular weight excluding hydrogens is 392 g/mol. The number of carbonyl (C=O) groups is 2. The molecule has 26 heavy (non-hydrogen) atoms. The highest BCUT2D eigenvalue weighted by Crippen LogP contribution is 2.17. The molecule has 0 saturated heterocycles. The molecule has 0 saturated carbocycles. The molecule has 0 heterocycles. The van der Waals surface area contributed by atoms with E-state index in [-0.39, 0.29) is 24.4 Å². The minimum absolute atomic E-state index is 0.0630. The van der Waals surface area contributed by atoms with Crippen molar-refractivity contribution in [3.8, 4) is 0 Å². The lowest BCUT2D eigenvalue weighted by atomic mass is 10.1. The van der Waals surface area contributed by atoms with Gasteiger partial charge in [-0.05, 0) is 47.5 Å². The fourth-order valence-electron chi connectivity index (χ4n) is 2.72. The molecule has 0 aliphatic rings. The van der Waals surface area contributed by atoms with Crippen LogP contribution in [0, 0.1) is 0 Å². The Hall–Kier alpha value is -2.66. The number of nitrogens with one attached hydrogen (secondary N) is 2. The molecule has 0 aliphatic carbocycles. The Balaban J connectivity index is 1.56. The van der Waals surface area contributed by atoms with E-state index in [0.717, 1.165) is 20.8 Å². The maximum absolute atomic E-state index is 12.3. The average Bonchev–Trinajstić information content (AvgIpc) is 2.66. The minimum atomic E-state index is -0.262. The van der Waals surface area contributed by atoms with E-state index in [1.165, 1.54) is 0 Å². The second kappa shape index (κ2) is 8.15. The zero-order valence-corrected chi connectivity index (χ0v) is 15.9. The lowest BCUT2D eigenvalue weighted by molar-refractivity contribution is -0.120. The molecule has 2 N–H and O–H groups in total. The van der Waals surface area contributed by atoms with E-state index in [1.807, 2.05) is 67.6 Å². The van der Waals surface area contributed by atoms with Gasteiger partial charge in [0.25, 0.3) is 5.91 Å². The van der Waals surface area contributed by atoms with Crippen molar-refractivity contribution >= 4 is 38.5 Å². The van der Waals surface area contributed by atoms with Crippen LogP contribution in [0.15, 0.2) is 71.2 Å². The second-order valence-corrected chi connectivity index (χ2v) is 7.00. The third-order valence-electron chi connectivity index (χ3n) is 4.17. The molecule has 4 nitrogen and oxygen atoms in total. The number of rotatable bonds is 5. The van der Waals surface area contributed by atoms with Gasteiger partial charge in [-0.25, -0.2) is 0 Å². The first-order valence-electron chi connectivity index (χ1n) is 8.35. The smallest absolute Gasteiger partial charge is 0.251 e. The predicted octanol–water partition coefficient (Wildman–Crippen LogP) is 4.21. The van der Waals surface area contributed by atoms with E-state index in [2.05, 4.69) is 26.6 Å². The van der Waals surface area contributed by atoms with Gasteiger partial charge in [0.1, 0.15) is 0 Å². The van der Waals surface area contributed by atoms with Gasteiger partial charge >= 0.3 is 0 Å². The number of hydrogen-bond acceptors (Lipinski definition) is 2. The molecule has 3 aromatic carbocycles. The van der Waals surface area contributed by atoms with E-state index in [9.17, 15) is 9.59 Å². The third kappa shape index (κ3) is 4.49. The highest BCUT2D eigenvalue weighted by molar-refractivity contribution is 9.10. The van der Waals surface area contributed by atoms with Crippen LogP contribution in [0.4, 0.5) is 0 Å². The zero-order chi connectivity index (χ0) is 18.5. The molecule has 0 spiro atoms. The van der Waals surface area contributed by atoms with Crippen LogP contribution < -0.4 is 10.6 Å². The maximum atomic E-state index is 12.3. The highest BCUT2D eigenvalue weighted by atomic mass is 79.9. The predicted molar refractivity (Wildman–Crippen MR) is 107 cm³/mol. The quantitative estimate of drug-likeness (QED) is 0.661. The summed E-state index contributed by atoms with van der Waals surface area (Å²) in [5, 5.41) is 7.62. The lowest BCUT2D eigenvalue weighted by Gasteiger charge is -2.15. The van der Waals surface area contributed by atoms with Crippen LogP contribution in [0.1, 0.15) is 28.9 Å². The molecule has 3 rings (SSSR count). The number of halogens is 1. The molecular formula is C21H19BrN2O2. The summed E-state index contributed by atoms with van der Waals surface area (Å²) >= 11 is 3.39. The largest absolute Gasteiger partial charge is 0.348 e. The first-order chi connectivity index (χ1) is 12.5. The summed E-state index contributed by atoms with van der Waals surface area (Å²) in [7, 11) is 0. The Labute approximate surface area is 160 Å². The van der Waals surface area contributed by atoms with Gasteiger partial charge in [-0.3, -0.25) is 9.59 Å². The van der Waals surface area contributed by atoms with Gasteiger partial charge in [-0.15, -0.1) is 0 Å². The van der Waals surface area contributed by atoms with Crippen LogP contribution in [-0.4, -0.2) is 18.4 Å². The molecule has 132 valence electrons. The number of hydrogen-bond donors (Lipinski definition) is 2. The standard InChI is InChI=1S/C21H19BrN2O2/c1-14(15-8-10-19(22)11-9-15)24-20(25)13-23-21(26)18-7-6-16-4-2-3-5-17(16)12-18/h2-12,14H,13H2,1H3,(H,23,26)(H,24,25). The fourth-order valence-corrected chi connectivity index (χ4v) is 2.98. The fraction of sp³-hybridized carbons (Fsp3) is 0.143. The summed E-state index contributed by atoms with van der Waals surface area (Å²) in [5.41, 5.74) is 1.54. The number of amides is 2. The van der Waals surface area contributed by atoms with Gasteiger partial charge in [0.2, 0.25) is 5.91 Å². The molecule has 0 radical (unpaired) electrons. The summed E-state index contributed by atoms with van der Waals surface area (Å²) in [6, 6.07) is 21.0. The van der Waals surface area contributed by atoms with Gasteiger partial charge in [0.05, 0.1) is 12.6 Å². The summed E-state index contributed by atoms with van der Waals surface area (Å²) < 4.78 is 0.988. The van der Waals surface area contributed by atoms with Gasteiger partial charge in [-0.2, -0.15) is 0 Å². The van der Waals surface area contributed by atoms with E-state index >= 15 is 0 Å². The van der Waals surface area contributed by atoms with Crippen LogP contribution >= 0.6 is 15.9 Å². The van der Waals surface area contributed by atoms with Gasteiger partial charge in [0.15, 0.2) is 0 Å². The molecule has 0 bridgehead atoms. The van der Waals surface area contributed by atoms with E-state index in [4.69, 9.17) is 0 Å². The molecule has 1 atom stereocenters. The Morgan fingerprint density at radius 1 is 0.962 bits per heavy atom. The van der Waals surface area contributed by atoms with Crippen LogP contribution in [0.5, 0.6) is 0 Å². The van der Waals surface area contributed by atoms with Crippen LogP contribution in [-0.2, 0) is 4.79 Å². The monoisotopic (exact) mass is 410 g/mol. The topological polar surface area (TPSA) is 58.2 Å². The average molecular weight is 411 g/mol. The van der Waals surface area contributed by atoms with Crippen molar-refractivity contribution < 1.29 is 9.59 Å². The van der Waals surface area contributed by atoms with Gasteiger partial charge < -0.3 is 10.6 Å². The Morgan fingerprint density at radius 3 is 2.38 bits per heavy atom. The lowest BCUT2D eigenvalue weighted by Crippen LogP contribution is -2.38. The van der Waals surface area contributed by atoms with Gasteiger partial charge in [0, 0.05) is 10.0 Å². The minimum Gasteiger partial charge on any atom is -0.348 e. The Morgan fingerprint density at radius 2 is 1.65 bits per heavy atom. The highest BCUT2D eigenvalue weighted by Gasteiger charge is 2.12. The van der Waals surface area contributed by atoms with Crippen LogP contribution in [0.25, 0.3) is 10.8 Å². The zero-order valence-electron chi connectivity index (χ0n) is 14.3. The Bertz CT molecular complexity index is 938. The van der Waals surface area contributed by atoms with E-state index in [1.54, 1.807) is 6.07 Å². The number of benzene rings is 3. The van der Waals surface area contributed by atoms with Crippen molar-refractivity contribution in [1.29, 1.82) is 0 Å². The van der Waals surface area contributed by atoms with Crippen molar-refractivity contribution in [1.82, 2.24) is 10.6 Å². The summed E-state index contributed by atoms with van der Waals surface area (Å²) in [5.74, 6) is -0.489. The van der Waals surface area contributed by atoms with E-state index < -0.39 is 0 Å². The number of fused-ring (bicyclic) bond motifs is 1. The first-order valence-corrected chi connectivity index (χ1v) is 9.14. The SMILES string of the molecule is CC(NC(=O)CNC(=O)c1ccc2ccccc2c1)c1ccc(Br)cc1. The van der Waals surface area contributed by atoms with Crippen molar-refractivity contribution in [3.05, 3.63) is 82.3 Å². The normalized spacial score (nSPS) is 11.8. The summed E-state index contributed by atoms with van der Waals surface area (Å²) in [4.78, 5) is 24.4. The van der Waals surface area contributed by atoms with Crippen LogP contribution in [0.2, 0.25) is 0 Å². The Kier molecular flexibility index (Phi) is 5.68. The molecule has 1 unspecified atom stereocenters. The molecule has 0 aliphatic heterocycles. The second-order valence-electron chi connectivity index (χ2n) is 6.09. The van der Waals surface area contributed by atoms with E-state index in [0.29, 0.717) is 5.56 Å². The molecule has 2 amide bonds. The van der Waals surface area contributed by atoms with Crippen molar-refractivity contribution in [2.75, 3.05) is 6.54 Å². The van der Waals surface area contributed by atoms with Crippen LogP contribution in [0.3, 0.4) is 0 Å². The molecule has 5 heteroatoms. The maximum Gasteiger partial charge on any atom is 0.251 e. The molecule has 0 fully saturated rings. The van der Waals surface area contributed by atoms with Gasteiger partial charge in [-0.1, -0.05) is 58.4 Å². The third-order valence-corrected chi connectivity index (χ3v) is 4.70. The first kappa shape index (κ1) is 18.1. The van der Waals surface area contributed by atoms with Crippen molar-refractivity contribution in [3.63, 3.8) is 0 Å². The number of carbonyl (C=O) groups excluding carboxylic acids is 2. The van der Waals surface area contributed by atoms with Crippen molar-refractivity contribution in [2.45, 2.75) is 13.0 Å². The molecule has 3 aromatic rings.